The second kappa shape index (κ2) is 8.81. The molecule has 2 aromatic carbocycles. The number of amides is 2. The maximum atomic E-state index is 12.2. The normalized spacial score (nSPS) is 11.3. The number of benzene rings is 2. The Morgan fingerprint density at radius 2 is 1.48 bits per heavy atom. The Kier molecular flexibility index (Phi) is 6.74. The molecule has 0 aliphatic rings. The number of carbonyl (C=O) groups excluding carboxylic acids is 2. The topological polar surface area (TPSA) is 92.3 Å². The molecule has 2 aromatic rings. The van der Waals surface area contributed by atoms with Gasteiger partial charge in [-0.15, -0.1) is 0 Å². The quantitative estimate of drug-likeness (QED) is 0.763. The smallest absolute Gasteiger partial charge is 0.251 e. The minimum absolute atomic E-state index is 0.0460. The van der Waals surface area contributed by atoms with E-state index in [2.05, 4.69) is 10.6 Å². The van der Waals surface area contributed by atoms with Crippen molar-refractivity contribution in [2.75, 3.05) is 11.6 Å². The van der Waals surface area contributed by atoms with E-state index in [1.54, 1.807) is 36.4 Å². The Morgan fingerprint density at radius 1 is 0.926 bits per heavy atom. The number of sulfone groups is 1. The van der Waals surface area contributed by atoms with E-state index < -0.39 is 9.84 Å². The third kappa shape index (κ3) is 6.86. The molecule has 144 valence electrons. The van der Waals surface area contributed by atoms with E-state index in [0.717, 1.165) is 5.56 Å². The first-order valence-corrected chi connectivity index (χ1v) is 10.6. The lowest BCUT2D eigenvalue weighted by Gasteiger charge is -2.09. The van der Waals surface area contributed by atoms with Crippen molar-refractivity contribution in [3.05, 3.63) is 65.2 Å². The summed E-state index contributed by atoms with van der Waals surface area (Å²) in [7, 11) is -3.10. The van der Waals surface area contributed by atoms with E-state index in [-0.39, 0.29) is 23.5 Å². The molecule has 0 heterocycles. The zero-order valence-corrected chi connectivity index (χ0v) is 16.5. The molecule has 2 rings (SSSR count). The minimum atomic E-state index is -3.10. The predicted octanol–water partition coefficient (Wildman–Crippen LogP) is 2.76. The molecular weight excluding hydrogens is 364 g/mol. The average Bonchev–Trinajstić information content (AvgIpc) is 2.60. The van der Waals surface area contributed by atoms with Gasteiger partial charge in [0.15, 0.2) is 9.84 Å². The summed E-state index contributed by atoms with van der Waals surface area (Å²) in [5, 5.41) is 5.63. The van der Waals surface area contributed by atoms with Crippen LogP contribution < -0.4 is 10.6 Å². The number of hydrogen-bond acceptors (Lipinski definition) is 4. The van der Waals surface area contributed by atoms with Crippen LogP contribution in [0.2, 0.25) is 0 Å². The van der Waals surface area contributed by atoms with Crippen molar-refractivity contribution in [1.82, 2.24) is 5.32 Å². The van der Waals surface area contributed by atoms with E-state index in [9.17, 15) is 18.0 Å². The van der Waals surface area contributed by atoms with Gasteiger partial charge in [0, 0.05) is 30.0 Å². The molecule has 0 aliphatic carbocycles. The van der Waals surface area contributed by atoms with E-state index in [1.165, 1.54) is 6.26 Å². The Balaban J connectivity index is 1.90. The number of rotatable bonds is 7. The van der Waals surface area contributed by atoms with E-state index in [1.807, 2.05) is 26.0 Å². The molecule has 0 radical (unpaired) electrons. The van der Waals surface area contributed by atoms with Crippen LogP contribution in [-0.2, 0) is 26.9 Å². The van der Waals surface area contributed by atoms with Gasteiger partial charge in [-0.3, -0.25) is 9.59 Å². The van der Waals surface area contributed by atoms with Gasteiger partial charge in [-0.1, -0.05) is 38.1 Å². The first kappa shape index (κ1) is 20.6. The lowest BCUT2D eigenvalue weighted by Crippen LogP contribution is -2.22. The van der Waals surface area contributed by atoms with Crippen LogP contribution in [-0.4, -0.2) is 26.5 Å². The summed E-state index contributed by atoms with van der Waals surface area (Å²) in [6.45, 7) is 4.00. The molecule has 0 bridgehead atoms. The first-order valence-electron chi connectivity index (χ1n) is 8.59. The molecule has 0 saturated heterocycles. The van der Waals surface area contributed by atoms with Crippen LogP contribution in [0, 0.1) is 5.92 Å². The Labute approximate surface area is 159 Å². The Bertz CT molecular complexity index is 902. The molecule has 2 N–H and O–H groups in total. The molecule has 0 saturated carbocycles. The van der Waals surface area contributed by atoms with Gasteiger partial charge in [0.25, 0.3) is 5.91 Å². The standard InChI is InChI=1S/C20H24N2O4S/c1-14(2)19(23)22-18-10-6-15(7-11-18)12-21-20(24)17-8-4-16(5-9-17)13-27(3,25)26/h4-11,14H,12-13H2,1-3H3,(H,21,24)(H,22,23). The summed E-state index contributed by atoms with van der Waals surface area (Å²) in [5.41, 5.74) is 2.73. The molecule has 0 atom stereocenters. The number of anilines is 1. The summed E-state index contributed by atoms with van der Waals surface area (Å²) in [6, 6.07) is 13.8. The predicted molar refractivity (Wildman–Crippen MR) is 106 cm³/mol. The fraction of sp³-hybridized carbons (Fsp3) is 0.300. The van der Waals surface area contributed by atoms with Crippen LogP contribution in [0.3, 0.4) is 0 Å². The van der Waals surface area contributed by atoms with Crippen LogP contribution >= 0.6 is 0 Å². The lowest BCUT2D eigenvalue weighted by molar-refractivity contribution is -0.118. The molecular formula is C20H24N2O4S. The van der Waals surface area contributed by atoms with Crippen LogP contribution in [0.1, 0.15) is 35.3 Å². The summed E-state index contributed by atoms with van der Waals surface area (Å²) >= 11 is 0. The van der Waals surface area contributed by atoms with Crippen molar-refractivity contribution < 1.29 is 18.0 Å². The van der Waals surface area contributed by atoms with Gasteiger partial charge in [0.2, 0.25) is 5.91 Å². The van der Waals surface area contributed by atoms with Gasteiger partial charge in [-0.25, -0.2) is 8.42 Å². The molecule has 0 aliphatic heterocycles. The van der Waals surface area contributed by atoms with E-state index in [0.29, 0.717) is 23.4 Å². The van der Waals surface area contributed by atoms with Gasteiger partial charge >= 0.3 is 0 Å². The second-order valence-corrected chi connectivity index (χ2v) is 8.93. The van der Waals surface area contributed by atoms with Crippen LogP contribution in [0.25, 0.3) is 0 Å². The second-order valence-electron chi connectivity index (χ2n) is 6.79. The summed E-state index contributed by atoms with van der Waals surface area (Å²) < 4.78 is 22.6. The highest BCUT2D eigenvalue weighted by atomic mass is 32.2. The van der Waals surface area contributed by atoms with E-state index >= 15 is 0 Å². The molecule has 7 heteroatoms. The molecule has 6 nitrogen and oxygen atoms in total. The van der Waals surface area contributed by atoms with Crippen molar-refractivity contribution in [2.24, 2.45) is 5.92 Å². The van der Waals surface area contributed by atoms with Crippen LogP contribution in [0.4, 0.5) is 5.69 Å². The van der Waals surface area contributed by atoms with E-state index in [4.69, 9.17) is 0 Å². The van der Waals surface area contributed by atoms with Crippen LogP contribution in [0.15, 0.2) is 48.5 Å². The lowest BCUT2D eigenvalue weighted by atomic mass is 10.1. The van der Waals surface area contributed by atoms with Gasteiger partial charge in [0.05, 0.1) is 5.75 Å². The number of carbonyl (C=O) groups is 2. The van der Waals surface area contributed by atoms with Crippen molar-refractivity contribution in [3.63, 3.8) is 0 Å². The van der Waals surface area contributed by atoms with Gasteiger partial charge < -0.3 is 10.6 Å². The molecule has 2 amide bonds. The molecule has 0 aromatic heterocycles. The zero-order valence-electron chi connectivity index (χ0n) is 15.7. The van der Waals surface area contributed by atoms with Gasteiger partial charge in [0.1, 0.15) is 0 Å². The molecule has 0 fully saturated rings. The largest absolute Gasteiger partial charge is 0.348 e. The SMILES string of the molecule is CC(C)C(=O)Nc1ccc(CNC(=O)c2ccc(CS(C)(=O)=O)cc2)cc1. The number of hydrogen-bond donors (Lipinski definition) is 2. The summed E-state index contributed by atoms with van der Waals surface area (Å²) in [4.78, 5) is 23.9. The fourth-order valence-electron chi connectivity index (χ4n) is 2.33. The average molecular weight is 388 g/mol. The fourth-order valence-corrected chi connectivity index (χ4v) is 3.13. The van der Waals surface area contributed by atoms with Crippen molar-refractivity contribution >= 4 is 27.3 Å². The Morgan fingerprint density at radius 3 is 2.00 bits per heavy atom. The van der Waals surface area contributed by atoms with Crippen molar-refractivity contribution in [3.8, 4) is 0 Å². The van der Waals surface area contributed by atoms with Crippen LogP contribution in [0.5, 0.6) is 0 Å². The summed E-state index contributed by atoms with van der Waals surface area (Å²) in [6.07, 6.45) is 1.17. The highest BCUT2D eigenvalue weighted by Gasteiger charge is 2.09. The monoisotopic (exact) mass is 388 g/mol. The first-order chi connectivity index (χ1) is 12.6. The zero-order chi connectivity index (χ0) is 20.0. The maximum Gasteiger partial charge on any atom is 0.251 e. The molecule has 0 unspecified atom stereocenters. The summed E-state index contributed by atoms with van der Waals surface area (Å²) in [5.74, 6) is -0.421. The van der Waals surface area contributed by atoms with Crippen molar-refractivity contribution in [2.45, 2.75) is 26.1 Å². The third-order valence-corrected chi connectivity index (χ3v) is 4.70. The highest BCUT2D eigenvalue weighted by Crippen LogP contribution is 2.12. The number of nitrogens with one attached hydrogen (secondary N) is 2. The Hall–Kier alpha value is -2.67. The molecule has 0 spiro atoms. The minimum Gasteiger partial charge on any atom is -0.348 e. The van der Waals surface area contributed by atoms with Crippen molar-refractivity contribution in [1.29, 1.82) is 0 Å². The highest BCUT2D eigenvalue weighted by molar-refractivity contribution is 7.89. The molecule has 27 heavy (non-hydrogen) atoms. The maximum absolute atomic E-state index is 12.2. The third-order valence-electron chi connectivity index (χ3n) is 3.84. The van der Waals surface area contributed by atoms with Gasteiger partial charge in [-0.05, 0) is 35.4 Å². The van der Waals surface area contributed by atoms with Gasteiger partial charge in [-0.2, -0.15) is 0 Å².